The molecule has 6 heteroatoms. The van der Waals surface area contributed by atoms with Crippen LogP contribution in [0.2, 0.25) is 0 Å². The molecule has 0 saturated carbocycles. The zero-order valence-electron chi connectivity index (χ0n) is 9.42. The third kappa shape index (κ3) is 2.48. The minimum atomic E-state index is -1.12. The van der Waals surface area contributed by atoms with Crippen LogP contribution in [0.3, 0.4) is 0 Å². The number of halogens is 1. The van der Waals surface area contributed by atoms with Gasteiger partial charge in [-0.1, -0.05) is 28.1 Å². The normalized spacial score (nSPS) is 10.1. The highest BCUT2D eigenvalue weighted by atomic mass is 79.9. The van der Waals surface area contributed by atoms with Crippen LogP contribution in [0.5, 0.6) is 5.88 Å². The van der Waals surface area contributed by atoms with Crippen molar-refractivity contribution in [1.82, 2.24) is 9.97 Å². The topological polar surface area (TPSA) is 72.3 Å². The van der Waals surface area contributed by atoms with Crippen LogP contribution < -0.4 is 4.74 Å². The van der Waals surface area contributed by atoms with E-state index in [0.29, 0.717) is 5.82 Å². The first-order valence-electron chi connectivity index (χ1n) is 5.02. The number of benzene rings is 1. The van der Waals surface area contributed by atoms with Gasteiger partial charge in [0.05, 0.1) is 7.11 Å². The lowest BCUT2D eigenvalue weighted by atomic mass is 10.2. The molecule has 0 aliphatic heterocycles. The maximum atomic E-state index is 10.9. The minimum absolute atomic E-state index is 0.0513. The highest BCUT2D eigenvalue weighted by Gasteiger charge is 2.14. The number of carboxylic acids is 1. The van der Waals surface area contributed by atoms with Crippen LogP contribution in [-0.4, -0.2) is 28.2 Å². The van der Waals surface area contributed by atoms with Gasteiger partial charge in [0.15, 0.2) is 5.82 Å². The zero-order chi connectivity index (χ0) is 13.1. The van der Waals surface area contributed by atoms with Crippen molar-refractivity contribution in [3.8, 4) is 17.3 Å². The summed E-state index contributed by atoms with van der Waals surface area (Å²) >= 11 is 3.33. The van der Waals surface area contributed by atoms with Gasteiger partial charge in [0.25, 0.3) is 0 Å². The number of methoxy groups -OCH3 is 1. The van der Waals surface area contributed by atoms with Gasteiger partial charge >= 0.3 is 5.97 Å². The third-order valence-corrected chi connectivity index (χ3v) is 2.81. The molecule has 0 atom stereocenters. The van der Waals surface area contributed by atoms with E-state index >= 15 is 0 Å². The zero-order valence-corrected chi connectivity index (χ0v) is 11.0. The summed E-state index contributed by atoms with van der Waals surface area (Å²) in [6.07, 6.45) is 1.24. The fourth-order valence-corrected chi connectivity index (χ4v) is 1.67. The molecule has 0 saturated heterocycles. The molecule has 18 heavy (non-hydrogen) atoms. The number of carbonyl (C=O) groups is 1. The van der Waals surface area contributed by atoms with Crippen LogP contribution >= 0.6 is 15.9 Å². The average Bonchev–Trinajstić information content (AvgIpc) is 2.38. The lowest BCUT2D eigenvalue weighted by molar-refractivity contribution is 0.0692. The summed E-state index contributed by atoms with van der Waals surface area (Å²) in [7, 11) is 1.38. The Balaban J connectivity index is 2.47. The van der Waals surface area contributed by atoms with Crippen LogP contribution in [0, 0.1) is 0 Å². The number of hydrogen-bond donors (Lipinski definition) is 1. The summed E-state index contributed by atoms with van der Waals surface area (Å²) in [6.45, 7) is 0. The minimum Gasteiger partial charge on any atom is -0.480 e. The molecule has 1 aromatic heterocycles. The Morgan fingerprint density at radius 3 is 2.56 bits per heavy atom. The molecule has 0 aliphatic rings. The Morgan fingerprint density at radius 1 is 1.33 bits per heavy atom. The van der Waals surface area contributed by atoms with Crippen LogP contribution in [-0.2, 0) is 0 Å². The van der Waals surface area contributed by atoms with Gasteiger partial charge in [-0.15, -0.1) is 0 Å². The standard InChI is InChI=1S/C12H9BrN2O3/c1-18-11-9(12(16)17)6-14-10(15-11)7-2-4-8(13)5-3-7/h2-6H,1H3,(H,16,17). The Labute approximate surface area is 112 Å². The molecule has 0 radical (unpaired) electrons. The Bertz CT molecular complexity index is 584. The van der Waals surface area contributed by atoms with Gasteiger partial charge in [0.2, 0.25) is 5.88 Å². The molecule has 1 heterocycles. The van der Waals surface area contributed by atoms with Gasteiger partial charge in [0, 0.05) is 16.2 Å². The summed E-state index contributed by atoms with van der Waals surface area (Å²) < 4.78 is 5.90. The van der Waals surface area contributed by atoms with Crippen molar-refractivity contribution >= 4 is 21.9 Å². The van der Waals surface area contributed by atoms with E-state index in [2.05, 4.69) is 25.9 Å². The predicted octanol–water partition coefficient (Wildman–Crippen LogP) is 2.61. The molecular formula is C12H9BrN2O3. The molecule has 2 aromatic rings. The molecule has 0 bridgehead atoms. The number of rotatable bonds is 3. The summed E-state index contributed by atoms with van der Waals surface area (Å²) in [6, 6.07) is 7.38. The number of aromatic carboxylic acids is 1. The largest absolute Gasteiger partial charge is 0.480 e. The van der Waals surface area contributed by atoms with Crippen molar-refractivity contribution in [2.24, 2.45) is 0 Å². The first-order valence-corrected chi connectivity index (χ1v) is 5.81. The fraction of sp³-hybridized carbons (Fsp3) is 0.0833. The van der Waals surface area contributed by atoms with Crippen molar-refractivity contribution in [1.29, 1.82) is 0 Å². The summed E-state index contributed by atoms with van der Waals surface area (Å²) in [5.74, 6) is -0.644. The number of carboxylic acid groups (broad SMARTS) is 1. The van der Waals surface area contributed by atoms with Crippen molar-refractivity contribution in [3.63, 3.8) is 0 Å². The smallest absolute Gasteiger partial charge is 0.342 e. The van der Waals surface area contributed by atoms with E-state index in [-0.39, 0.29) is 11.4 Å². The van der Waals surface area contributed by atoms with Crippen LogP contribution in [0.4, 0.5) is 0 Å². The molecule has 0 fully saturated rings. The number of hydrogen-bond acceptors (Lipinski definition) is 4. The van der Waals surface area contributed by atoms with E-state index < -0.39 is 5.97 Å². The molecule has 0 unspecified atom stereocenters. The van der Waals surface area contributed by atoms with Crippen molar-refractivity contribution in [3.05, 3.63) is 40.5 Å². The first kappa shape index (κ1) is 12.5. The molecule has 0 amide bonds. The second-order valence-corrected chi connectivity index (χ2v) is 4.34. The van der Waals surface area contributed by atoms with Crippen molar-refractivity contribution in [2.45, 2.75) is 0 Å². The maximum absolute atomic E-state index is 10.9. The molecule has 5 nitrogen and oxygen atoms in total. The van der Waals surface area contributed by atoms with Crippen LogP contribution in [0.15, 0.2) is 34.9 Å². The second kappa shape index (κ2) is 5.14. The molecule has 92 valence electrons. The average molecular weight is 309 g/mol. The van der Waals surface area contributed by atoms with Gasteiger partial charge in [-0.25, -0.2) is 9.78 Å². The fourth-order valence-electron chi connectivity index (χ4n) is 1.41. The lowest BCUT2D eigenvalue weighted by Crippen LogP contribution is -2.04. The Kier molecular flexibility index (Phi) is 3.57. The van der Waals surface area contributed by atoms with E-state index in [1.807, 2.05) is 24.3 Å². The number of aromatic nitrogens is 2. The lowest BCUT2D eigenvalue weighted by Gasteiger charge is -2.06. The van der Waals surface area contributed by atoms with Crippen molar-refractivity contribution < 1.29 is 14.6 Å². The predicted molar refractivity (Wildman–Crippen MR) is 68.7 cm³/mol. The molecule has 1 aromatic carbocycles. The summed E-state index contributed by atoms with van der Waals surface area (Å²) in [5, 5.41) is 8.93. The van der Waals surface area contributed by atoms with E-state index in [9.17, 15) is 4.79 Å². The molecular weight excluding hydrogens is 300 g/mol. The summed E-state index contributed by atoms with van der Waals surface area (Å²) in [4.78, 5) is 19.0. The number of nitrogens with zero attached hydrogens (tertiary/aromatic N) is 2. The Morgan fingerprint density at radius 2 is 2.00 bits per heavy atom. The van der Waals surface area contributed by atoms with Gasteiger partial charge in [-0.2, -0.15) is 4.98 Å². The van der Waals surface area contributed by atoms with Gasteiger partial charge in [0.1, 0.15) is 5.56 Å². The highest BCUT2D eigenvalue weighted by molar-refractivity contribution is 9.10. The van der Waals surface area contributed by atoms with Gasteiger partial charge < -0.3 is 9.84 Å². The molecule has 0 spiro atoms. The van der Waals surface area contributed by atoms with E-state index in [0.717, 1.165) is 10.0 Å². The highest BCUT2D eigenvalue weighted by Crippen LogP contribution is 2.22. The third-order valence-electron chi connectivity index (χ3n) is 2.28. The van der Waals surface area contributed by atoms with Gasteiger partial charge in [-0.05, 0) is 12.1 Å². The van der Waals surface area contributed by atoms with Crippen LogP contribution in [0.25, 0.3) is 11.4 Å². The molecule has 0 aliphatic carbocycles. The van der Waals surface area contributed by atoms with E-state index in [1.165, 1.54) is 13.3 Å². The van der Waals surface area contributed by atoms with Gasteiger partial charge in [-0.3, -0.25) is 0 Å². The SMILES string of the molecule is COc1nc(-c2ccc(Br)cc2)ncc1C(=O)O. The monoisotopic (exact) mass is 308 g/mol. The molecule has 1 N–H and O–H groups in total. The molecule has 2 rings (SSSR count). The van der Waals surface area contributed by atoms with Crippen molar-refractivity contribution in [2.75, 3.05) is 7.11 Å². The quantitative estimate of drug-likeness (QED) is 0.943. The summed E-state index contributed by atoms with van der Waals surface area (Å²) in [5.41, 5.74) is 0.729. The number of ether oxygens (including phenoxy) is 1. The van der Waals surface area contributed by atoms with E-state index in [1.54, 1.807) is 0 Å². The first-order chi connectivity index (χ1) is 8.61. The second-order valence-electron chi connectivity index (χ2n) is 3.43. The van der Waals surface area contributed by atoms with E-state index in [4.69, 9.17) is 9.84 Å². The maximum Gasteiger partial charge on any atom is 0.342 e. The van der Waals surface area contributed by atoms with Crippen LogP contribution in [0.1, 0.15) is 10.4 Å². The Hall–Kier alpha value is -1.95.